The molecule has 5 heteroatoms. The fraction of sp³-hybridized carbons (Fsp3) is 0.0455. The smallest absolute Gasteiger partial charge is 0.339 e. The second kappa shape index (κ2) is 6.88. The lowest BCUT2D eigenvalue weighted by atomic mass is 10.0. The largest absolute Gasteiger partial charge is 0.454 e. The molecule has 0 atom stereocenters. The lowest BCUT2D eigenvalue weighted by Gasteiger charge is -2.08. The van der Waals surface area contributed by atoms with Crippen LogP contribution < -0.4 is 5.56 Å². The maximum Gasteiger partial charge on any atom is 0.339 e. The lowest BCUT2D eigenvalue weighted by molar-refractivity contribution is 0.0477. The minimum absolute atomic E-state index is 0.139. The molecule has 4 rings (SSSR count). The fourth-order valence-electron chi connectivity index (χ4n) is 3.13. The van der Waals surface area contributed by atoms with Crippen molar-refractivity contribution in [3.8, 4) is 0 Å². The molecular weight excluding hydrogens is 342 g/mol. The second-order valence-electron chi connectivity index (χ2n) is 6.12. The van der Waals surface area contributed by atoms with Crippen LogP contribution in [0.15, 0.2) is 77.6 Å². The number of para-hydroxylation sites is 1. The summed E-state index contributed by atoms with van der Waals surface area (Å²) in [5, 5.41) is 2.32. The van der Waals surface area contributed by atoms with Crippen LogP contribution in [0.25, 0.3) is 21.7 Å². The normalized spacial score (nSPS) is 10.8. The van der Waals surface area contributed by atoms with Crippen molar-refractivity contribution < 1.29 is 14.3 Å². The highest BCUT2D eigenvalue weighted by molar-refractivity contribution is 6.10. The van der Waals surface area contributed by atoms with E-state index in [9.17, 15) is 14.4 Å². The maximum absolute atomic E-state index is 12.6. The van der Waals surface area contributed by atoms with Gasteiger partial charge in [0.05, 0.1) is 5.56 Å². The van der Waals surface area contributed by atoms with Crippen molar-refractivity contribution in [1.82, 2.24) is 4.98 Å². The van der Waals surface area contributed by atoms with E-state index in [0.29, 0.717) is 16.5 Å². The second-order valence-corrected chi connectivity index (χ2v) is 6.12. The number of Topliss-reactive ketones (excluding diaryl/α,β-unsaturated/α-hetero) is 1. The molecule has 0 radical (unpaired) electrons. The quantitative estimate of drug-likeness (QED) is 0.446. The monoisotopic (exact) mass is 357 g/mol. The highest BCUT2D eigenvalue weighted by Gasteiger charge is 2.16. The molecule has 4 aromatic rings. The first-order valence-electron chi connectivity index (χ1n) is 8.43. The fourth-order valence-corrected chi connectivity index (χ4v) is 3.13. The molecule has 0 amide bonds. The van der Waals surface area contributed by atoms with Gasteiger partial charge in [0.25, 0.3) is 0 Å². The Bertz CT molecular complexity index is 1230. The van der Waals surface area contributed by atoms with Gasteiger partial charge in [0.15, 0.2) is 6.61 Å². The molecule has 132 valence electrons. The number of ketones is 1. The minimum atomic E-state index is -0.703. The van der Waals surface area contributed by atoms with Crippen molar-refractivity contribution in [3.05, 3.63) is 94.3 Å². The number of hydrogen-bond donors (Lipinski definition) is 1. The van der Waals surface area contributed by atoms with Crippen molar-refractivity contribution in [1.29, 1.82) is 0 Å². The SMILES string of the molecule is O=C(COC(=O)c1cc(=O)[nH]c2ccccc12)c1cccc2ccccc12. The summed E-state index contributed by atoms with van der Waals surface area (Å²) < 4.78 is 5.22. The molecular formula is C22H15NO4. The Hall–Kier alpha value is -3.73. The van der Waals surface area contributed by atoms with Crippen molar-refractivity contribution in [2.24, 2.45) is 0 Å². The van der Waals surface area contributed by atoms with E-state index in [4.69, 9.17) is 4.74 Å². The summed E-state index contributed by atoms with van der Waals surface area (Å²) in [5.41, 5.74) is 0.773. The molecule has 27 heavy (non-hydrogen) atoms. The number of H-pyrrole nitrogens is 1. The summed E-state index contributed by atoms with van der Waals surface area (Å²) in [5.74, 6) is -1.000. The van der Waals surface area contributed by atoms with Crippen molar-refractivity contribution in [3.63, 3.8) is 0 Å². The van der Waals surface area contributed by atoms with Crippen molar-refractivity contribution in [2.45, 2.75) is 0 Å². The first-order chi connectivity index (χ1) is 13.1. The molecule has 5 nitrogen and oxygen atoms in total. The number of carbonyl (C=O) groups is 2. The van der Waals surface area contributed by atoms with Crippen LogP contribution in [0.3, 0.4) is 0 Å². The predicted molar refractivity (Wildman–Crippen MR) is 103 cm³/mol. The third-order valence-electron chi connectivity index (χ3n) is 4.39. The minimum Gasteiger partial charge on any atom is -0.454 e. The molecule has 0 aliphatic heterocycles. The third-order valence-corrected chi connectivity index (χ3v) is 4.39. The molecule has 0 unspecified atom stereocenters. The number of benzene rings is 3. The van der Waals surface area contributed by atoms with Crippen LogP contribution >= 0.6 is 0 Å². The molecule has 3 aromatic carbocycles. The zero-order valence-electron chi connectivity index (χ0n) is 14.3. The van der Waals surface area contributed by atoms with Crippen LogP contribution in [-0.4, -0.2) is 23.3 Å². The Morgan fingerprint density at radius 3 is 2.37 bits per heavy atom. The molecule has 0 saturated heterocycles. The number of fused-ring (bicyclic) bond motifs is 2. The van der Waals surface area contributed by atoms with Gasteiger partial charge in [-0.2, -0.15) is 0 Å². The standard InChI is InChI=1S/C22H15NO4/c24-20(17-10-5-7-14-6-1-2-8-15(14)17)13-27-22(26)18-12-21(25)23-19-11-4-3-9-16(18)19/h1-12H,13H2,(H,23,25). The van der Waals surface area contributed by atoms with Crippen molar-refractivity contribution >= 4 is 33.4 Å². The van der Waals surface area contributed by atoms with Gasteiger partial charge >= 0.3 is 5.97 Å². The summed E-state index contributed by atoms with van der Waals surface area (Å²) in [7, 11) is 0. The van der Waals surface area contributed by atoms with Gasteiger partial charge in [-0.3, -0.25) is 9.59 Å². The molecule has 0 spiro atoms. The Morgan fingerprint density at radius 1 is 0.815 bits per heavy atom. The predicted octanol–water partition coefficient (Wildman–Crippen LogP) is 3.72. The third kappa shape index (κ3) is 3.22. The van der Waals surface area contributed by atoms with E-state index in [0.717, 1.165) is 10.8 Å². The Kier molecular flexibility index (Phi) is 4.26. The van der Waals surface area contributed by atoms with Crippen LogP contribution in [0.4, 0.5) is 0 Å². The number of esters is 1. The van der Waals surface area contributed by atoms with Gasteiger partial charge in [-0.05, 0) is 16.8 Å². The summed E-state index contributed by atoms with van der Waals surface area (Å²) in [4.78, 5) is 39.5. The van der Waals surface area contributed by atoms with Crippen LogP contribution in [0.2, 0.25) is 0 Å². The van der Waals surface area contributed by atoms with Crippen LogP contribution in [0.1, 0.15) is 20.7 Å². The number of nitrogens with one attached hydrogen (secondary N) is 1. The molecule has 0 bridgehead atoms. The summed E-state index contributed by atoms with van der Waals surface area (Å²) in [6.45, 7) is -0.395. The van der Waals surface area contributed by atoms with Gasteiger partial charge in [0.2, 0.25) is 11.3 Å². The Morgan fingerprint density at radius 2 is 1.52 bits per heavy atom. The number of ether oxygens (including phenoxy) is 1. The number of pyridine rings is 1. The molecule has 1 aromatic heterocycles. The van der Waals surface area contributed by atoms with Crippen LogP contribution in [-0.2, 0) is 4.74 Å². The van der Waals surface area contributed by atoms with Gasteiger partial charge in [-0.1, -0.05) is 60.7 Å². The number of rotatable bonds is 4. The number of carbonyl (C=O) groups excluding carboxylic acids is 2. The van der Waals surface area contributed by atoms with Crippen LogP contribution in [0, 0.1) is 0 Å². The highest BCUT2D eigenvalue weighted by atomic mass is 16.5. The summed E-state index contributed by atoms with van der Waals surface area (Å²) in [6, 6.07) is 21.1. The number of hydrogen-bond acceptors (Lipinski definition) is 4. The average Bonchev–Trinajstić information content (AvgIpc) is 2.70. The van der Waals surface area contributed by atoms with Gasteiger partial charge in [-0.15, -0.1) is 0 Å². The highest BCUT2D eigenvalue weighted by Crippen LogP contribution is 2.20. The topological polar surface area (TPSA) is 76.2 Å². The van der Waals surface area contributed by atoms with E-state index in [1.807, 2.05) is 30.3 Å². The molecule has 0 saturated carbocycles. The van der Waals surface area contributed by atoms with Crippen molar-refractivity contribution in [2.75, 3.05) is 6.61 Å². The van der Waals surface area contributed by atoms with Gasteiger partial charge in [0.1, 0.15) is 0 Å². The summed E-state index contributed by atoms with van der Waals surface area (Å²) in [6.07, 6.45) is 0. The van der Waals surface area contributed by atoms with Gasteiger partial charge in [-0.25, -0.2) is 4.79 Å². The number of aromatic nitrogens is 1. The van der Waals surface area contributed by atoms with E-state index in [-0.39, 0.29) is 11.3 Å². The Labute approximate surface area is 154 Å². The molecule has 0 fully saturated rings. The van der Waals surface area contributed by atoms with Gasteiger partial charge in [0, 0.05) is 22.5 Å². The molecule has 1 heterocycles. The number of aromatic amines is 1. The zero-order chi connectivity index (χ0) is 18.8. The molecule has 0 aliphatic carbocycles. The summed E-state index contributed by atoms with van der Waals surface area (Å²) >= 11 is 0. The first-order valence-corrected chi connectivity index (χ1v) is 8.43. The van der Waals surface area contributed by atoms with Crippen LogP contribution in [0.5, 0.6) is 0 Å². The van der Waals surface area contributed by atoms with E-state index in [2.05, 4.69) is 4.98 Å². The molecule has 1 N–H and O–H groups in total. The Balaban J connectivity index is 1.60. The van der Waals surface area contributed by atoms with E-state index < -0.39 is 18.1 Å². The first kappa shape index (κ1) is 16.7. The van der Waals surface area contributed by atoms with E-state index in [1.54, 1.807) is 36.4 Å². The average molecular weight is 357 g/mol. The zero-order valence-corrected chi connectivity index (χ0v) is 14.3. The maximum atomic E-state index is 12.6. The van der Waals surface area contributed by atoms with E-state index >= 15 is 0 Å². The molecule has 0 aliphatic rings. The lowest BCUT2D eigenvalue weighted by Crippen LogP contribution is -2.17. The van der Waals surface area contributed by atoms with E-state index in [1.165, 1.54) is 6.07 Å². The van der Waals surface area contributed by atoms with Gasteiger partial charge < -0.3 is 9.72 Å².